The summed E-state index contributed by atoms with van der Waals surface area (Å²) in [5.41, 5.74) is 7.77. The third kappa shape index (κ3) is 3.19. The van der Waals surface area contributed by atoms with Crippen LogP contribution in [0.25, 0.3) is 0 Å². The number of para-hydroxylation sites is 1. The van der Waals surface area contributed by atoms with Gasteiger partial charge in [-0.05, 0) is 31.0 Å². The summed E-state index contributed by atoms with van der Waals surface area (Å²) in [5.74, 6) is 0.230. The molecule has 2 aromatic rings. The average Bonchev–Trinajstić information content (AvgIpc) is 3.01. The molecule has 0 atom stereocenters. The number of amidine groups is 1. The number of aliphatic imine (C=N–C) groups is 1. The monoisotopic (exact) mass is 296 g/mol. The van der Waals surface area contributed by atoms with Gasteiger partial charge in [0.2, 0.25) is 0 Å². The average molecular weight is 296 g/mol. The van der Waals surface area contributed by atoms with E-state index < -0.39 is 0 Å². The highest BCUT2D eigenvalue weighted by Crippen LogP contribution is 2.23. The minimum absolute atomic E-state index is 0.222. The number of nitrogens with one attached hydrogen (secondary N) is 2. The highest BCUT2D eigenvalue weighted by Gasteiger charge is 2.18. The summed E-state index contributed by atoms with van der Waals surface area (Å²) in [5, 5.41) is 3.44. The second kappa shape index (κ2) is 6.47. The van der Waals surface area contributed by atoms with Crippen LogP contribution in [-0.4, -0.2) is 16.9 Å². The number of nitrogens with two attached hydrogens (primary N) is 1. The molecule has 5 nitrogen and oxygen atoms in total. The lowest BCUT2D eigenvalue weighted by Crippen LogP contribution is -2.28. The number of hydrogen-bond acceptors (Lipinski definition) is 3. The van der Waals surface area contributed by atoms with Gasteiger partial charge in [0.25, 0.3) is 5.56 Å². The number of pyridine rings is 1. The first kappa shape index (κ1) is 14.4. The molecule has 22 heavy (non-hydrogen) atoms. The molecule has 0 saturated heterocycles. The van der Waals surface area contributed by atoms with E-state index in [4.69, 9.17) is 5.73 Å². The lowest BCUT2D eigenvalue weighted by Gasteiger charge is -2.16. The second-order valence-corrected chi connectivity index (χ2v) is 5.55. The van der Waals surface area contributed by atoms with Crippen LogP contribution in [-0.2, 0) is 0 Å². The van der Waals surface area contributed by atoms with E-state index in [1.165, 1.54) is 12.8 Å². The standard InChI is InChI=1S/C17H20N4O/c18-16(21-13-6-2-1-3-7-13)15-14(10-11-19-17(15)22)20-12-8-4-5-9-12/h1-3,6-7,10-12H,4-5,8-9H2,(H2,18,21)(H2,19,20,22). The Morgan fingerprint density at radius 1 is 1.18 bits per heavy atom. The van der Waals surface area contributed by atoms with E-state index in [0.29, 0.717) is 11.6 Å². The third-order valence-electron chi connectivity index (χ3n) is 3.94. The van der Waals surface area contributed by atoms with Crippen LogP contribution < -0.4 is 16.6 Å². The quantitative estimate of drug-likeness (QED) is 0.599. The minimum atomic E-state index is -0.222. The molecule has 1 aromatic carbocycles. The van der Waals surface area contributed by atoms with E-state index >= 15 is 0 Å². The molecule has 0 bridgehead atoms. The molecule has 4 N–H and O–H groups in total. The molecule has 1 aliphatic carbocycles. The Kier molecular flexibility index (Phi) is 4.23. The van der Waals surface area contributed by atoms with Crippen LogP contribution in [0.4, 0.5) is 11.4 Å². The zero-order valence-electron chi connectivity index (χ0n) is 12.4. The Morgan fingerprint density at radius 3 is 2.64 bits per heavy atom. The zero-order valence-corrected chi connectivity index (χ0v) is 12.4. The highest BCUT2D eigenvalue weighted by atomic mass is 16.1. The van der Waals surface area contributed by atoms with Gasteiger partial charge in [-0.25, -0.2) is 4.99 Å². The Hall–Kier alpha value is -2.56. The van der Waals surface area contributed by atoms with Gasteiger partial charge < -0.3 is 16.0 Å². The summed E-state index contributed by atoms with van der Waals surface area (Å²) in [6.45, 7) is 0. The molecule has 5 heteroatoms. The molecule has 1 aliphatic rings. The number of anilines is 1. The van der Waals surface area contributed by atoms with Gasteiger partial charge >= 0.3 is 0 Å². The number of aromatic nitrogens is 1. The summed E-state index contributed by atoms with van der Waals surface area (Å²) >= 11 is 0. The van der Waals surface area contributed by atoms with Crippen LogP contribution in [0.1, 0.15) is 31.2 Å². The van der Waals surface area contributed by atoms with E-state index in [-0.39, 0.29) is 11.4 Å². The van der Waals surface area contributed by atoms with Gasteiger partial charge in [0.1, 0.15) is 11.4 Å². The maximum atomic E-state index is 12.2. The molecule has 0 aliphatic heterocycles. The molecule has 1 fully saturated rings. The fourth-order valence-electron chi connectivity index (χ4n) is 2.84. The van der Waals surface area contributed by atoms with E-state index in [1.54, 1.807) is 6.20 Å². The van der Waals surface area contributed by atoms with Gasteiger partial charge in [-0.15, -0.1) is 0 Å². The van der Waals surface area contributed by atoms with Gasteiger partial charge in [-0.2, -0.15) is 0 Å². The largest absolute Gasteiger partial charge is 0.383 e. The first-order valence-electron chi connectivity index (χ1n) is 7.62. The van der Waals surface area contributed by atoms with Crippen molar-refractivity contribution >= 4 is 17.2 Å². The number of H-pyrrole nitrogens is 1. The predicted octanol–water partition coefficient (Wildman–Crippen LogP) is 2.77. The lowest BCUT2D eigenvalue weighted by atomic mass is 10.1. The van der Waals surface area contributed by atoms with Crippen molar-refractivity contribution in [1.82, 2.24) is 4.98 Å². The van der Waals surface area contributed by atoms with E-state index in [9.17, 15) is 4.79 Å². The summed E-state index contributed by atoms with van der Waals surface area (Å²) in [6.07, 6.45) is 6.34. The topological polar surface area (TPSA) is 83.3 Å². The molecule has 0 amide bonds. The second-order valence-electron chi connectivity index (χ2n) is 5.55. The van der Waals surface area contributed by atoms with Gasteiger partial charge in [-0.3, -0.25) is 4.79 Å². The first-order valence-corrected chi connectivity index (χ1v) is 7.62. The van der Waals surface area contributed by atoms with Crippen LogP contribution in [0.5, 0.6) is 0 Å². The van der Waals surface area contributed by atoms with E-state index in [0.717, 1.165) is 24.2 Å². The van der Waals surface area contributed by atoms with Gasteiger partial charge in [-0.1, -0.05) is 31.0 Å². The van der Waals surface area contributed by atoms with Crippen molar-refractivity contribution in [2.45, 2.75) is 31.7 Å². The third-order valence-corrected chi connectivity index (χ3v) is 3.94. The smallest absolute Gasteiger partial charge is 0.261 e. The van der Waals surface area contributed by atoms with E-state index in [1.807, 2.05) is 36.4 Å². The van der Waals surface area contributed by atoms with Crippen molar-refractivity contribution < 1.29 is 0 Å². The molecule has 114 valence electrons. The van der Waals surface area contributed by atoms with Crippen molar-refractivity contribution in [3.05, 3.63) is 58.5 Å². The minimum Gasteiger partial charge on any atom is -0.383 e. The van der Waals surface area contributed by atoms with Crippen molar-refractivity contribution in [2.75, 3.05) is 5.32 Å². The Labute approximate surface area is 129 Å². The van der Waals surface area contributed by atoms with Gasteiger partial charge in [0, 0.05) is 12.2 Å². The number of nitrogens with zero attached hydrogens (tertiary/aromatic N) is 1. The highest BCUT2D eigenvalue weighted by molar-refractivity contribution is 6.03. The number of hydrogen-bond donors (Lipinski definition) is 3. The summed E-state index contributed by atoms with van der Waals surface area (Å²) in [4.78, 5) is 19.2. The molecule has 0 spiro atoms. The molecule has 1 aromatic heterocycles. The fraction of sp³-hybridized carbons (Fsp3) is 0.294. The van der Waals surface area contributed by atoms with Crippen molar-refractivity contribution in [1.29, 1.82) is 0 Å². The number of aromatic amines is 1. The zero-order chi connectivity index (χ0) is 15.4. The van der Waals surface area contributed by atoms with Crippen molar-refractivity contribution in [3.63, 3.8) is 0 Å². The summed E-state index contributed by atoms with van der Waals surface area (Å²) < 4.78 is 0. The van der Waals surface area contributed by atoms with Crippen LogP contribution in [0.3, 0.4) is 0 Å². The predicted molar refractivity (Wildman–Crippen MR) is 89.8 cm³/mol. The summed E-state index contributed by atoms with van der Waals surface area (Å²) in [7, 11) is 0. The Bertz CT molecular complexity index is 715. The SMILES string of the molecule is NC(=Nc1ccccc1)c1c(NC2CCCC2)cc[nH]c1=O. The first-order chi connectivity index (χ1) is 10.7. The van der Waals surface area contributed by atoms with Crippen LogP contribution in [0.2, 0.25) is 0 Å². The van der Waals surface area contributed by atoms with Crippen LogP contribution >= 0.6 is 0 Å². The van der Waals surface area contributed by atoms with E-state index in [2.05, 4.69) is 15.3 Å². The molecule has 1 heterocycles. The number of rotatable bonds is 4. The Balaban J connectivity index is 1.94. The summed E-state index contributed by atoms with van der Waals surface area (Å²) in [6, 6.07) is 11.7. The maximum Gasteiger partial charge on any atom is 0.261 e. The van der Waals surface area contributed by atoms with Gasteiger partial charge in [0.15, 0.2) is 0 Å². The number of benzene rings is 1. The molecule has 0 unspecified atom stereocenters. The fourth-order valence-corrected chi connectivity index (χ4v) is 2.84. The van der Waals surface area contributed by atoms with Crippen molar-refractivity contribution in [2.24, 2.45) is 10.7 Å². The molecular formula is C17H20N4O. The maximum absolute atomic E-state index is 12.2. The lowest BCUT2D eigenvalue weighted by molar-refractivity contribution is 0.754. The molecule has 1 saturated carbocycles. The van der Waals surface area contributed by atoms with Crippen LogP contribution in [0.15, 0.2) is 52.4 Å². The van der Waals surface area contributed by atoms with Crippen LogP contribution in [0, 0.1) is 0 Å². The normalized spacial score (nSPS) is 15.9. The molecule has 3 rings (SSSR count). The Morgan fingerprint density at radius 2 is 1.91 bits per heavy atom. The molecule has 0 radical (unpaired) electrons. The van der Waals surface area contributed by atoms with Crippen molar-refractivity contribution in [3.8, 4) is 0 Å². The van der Waals surface area contributed by atoms with Gasteiger partial charge in [0.05, 0.1) is 11.4 Å². The molecular weight excluding hydrogens is 276 g/mol.